The summed E-state index contributed by atoms with van der Waals surface area (Å²) < 4.78 is 19.5. The normalized spacial score (nSPS) is 18.0. The van der Waals surface area contributed by atoms with Crippen molar-refractivity contribution in [3.05, 3.63) is 59.4 Å². The van der Waals surface area contributed by atoms with Gasteiger partial charge in [0.25, 0.3) is 5.91 Å². The number of ether oxygens (including phenoxy) is 1. The van der Waals surface area contributed by atoms with Crippen LogP contribution in [0.25, 0.3) is 10.9 Å². The van der Waals surface area contributed by atoms with E-state index in [0.29, 0.717) is 42.2 Å². The molecule has 1 aromatic heterocycles. The quantitative estimate of drug-likeness (QED) is 0.536. The molecule has 4 rings (SSSR count). The van der Waals surface area contributed by atoms with Crippen molar-refractivity contribution in [2.24, 2.45) is 5.73 Å². The van der Waals surface area contributed by atoms with Gasteiger partial charge in [0.1, 0.15) is 35.7 Å². The Morgan fingerprint density at radius 3 is 2.69 bits per heavy atom. The molecule has 0 spiro atoms. The van der Waals surface area contributed by atoms with Crippen LogP contribution in [0.15, 0.2) is 42.5 Å². The molecule has 1 aliphatic heterocycles. The first kappa shape index (κ1) is 23.9. The molecule has 2 aromatic carbocycles. The predicted molar refractivity (Wildman–Crippen MR) is 129 cm³/mol. The highest BCUT2D eigenvalue weighted by atomic mass is 19.1. The van der Waals surface area contributed by atoms with Crippen LogP contribution in [-0.2, 0) is 0 Å². The number of anilines is 1. The first-order valence-corrected chi connectivity index (χ1v) is 11.2. The van der Waals surface area contributed by atoms with Crippen LogP contribution in [0.1, 0.15) is 29.3 Å². The summed E-state index contributed by atoms with van der Waals surface area (Å²) >= 11 is 0. The van der Waals surface area contributed by atoms with Crippen LogP contribution < -0.4 is 19.9 Å². The summed E-state index contributed by atoms with van der Waals surface area (Å²) in [5.41, 5.74) is 6.18. The van der Waals surface area contributed by atoms with E-state index < -0.39 is 22.3 Å². The van der Waals surface area contributed by atoms with Crippen LogP contribution in [-0.4, -0.2) is 54.9 Å². The Hall–Kier alpha value is -4.23. The maximum atomic E-state index is 14.5. The molecule has 0 bridgehead atoms. The molecule has 1 aliphatic rings. The van der Waals surface area contributed by atoms with Crippen LogP contribution in [0.4, 0.5) is 20.7 Å². The second kappa shape index (κ2) is 9.56. The van der Waals surface area contributed by atoms with Gasteiger partial charge in [-0.3, -0.25) is 4.79 Å². The van der Waals surface area contributed by atoms with Gasteiger partial charge in [0, 0.05) is 30.5 Å². The molecular weight excluding hydrogens is 453 g/mol. The van der Waals surface area contributed by atoms with E-state index in [4.69, 9.17) is 15.5 Å². The highest BCUT2D eigenvalue weighted by Crippen LogP contribution is 2.31. The molecule has 2 amide bonds. The number of carbonyl (C=O) groups excluding carboxylic acids is 1. The zero-order chi connectivity index (χ0) is 25.2. The van der Waals surface area contributed by atoms with Gasteiger partial charge in [0.05, 0.1) is 36.3 Å². The van der Waals surface area contributed by atoms with Crippen molar-refractivity contribution >= 4 is 34.4 Å². The molecule has 3 N–H and O–H groups in total. The number of hydrogen-bond donors (Lipinski definition) is 2. The molecule has 2 heterocycles. The van der Waals surface area contributed by atoms with Gasteiger partial charge in [-0.05, 0) is 37.3 Å². The van der Waals surface area contributed by atoms with Gasteiger partial charge in [-0.1, -0.05) is 0 Å². The van der Waals surface area contributed by atoms with E-state index in [1.807, 2.05) is 30.0 Å². The summed E-state index contributed by atoms with van der Waals surface area (Å²) in [7, 11) is 0. The number of nitrogens with two attached hydrogens (primary N) is 1. The Bertz CT molecular complexity index is 1360. The number of nitriles is 1. The summed E-state index contributed by atoms with van der Waals surface area (Å²) in [6.07, 6.45) is -0.673. The Kier molecular flexibility index (Phi) is 6.53. The molecular formula is C25H25FN5O4+. The van der Waals surface area contributed by atoms with Crippen LogP contribution in [0, 0.1) is 17.1 Å². The number of quaternary nitrogens is 1. The highest BCUT2D eigenvalue weighted by Gasteiger charge is 2.42. The first-order chi connectivity index (χ1) is 16.8. The van der Waals surface area contributed by atoms with Crippen molar-refractivity contribution in [1.82, 2.24) is 9.47 Å². The molecule has 180 valence electrons. The Morgan fingerprint density at radius 1 is 1.23 bits per heavy atom. The van der Waals surface area contributed by atoms with Crippen molar-refractivity contribution < 1.29 is 23.8 Å². The van der Waals surface area contributed by atoms with Crippen molar-refractivity contribution in [2.75, 3.05) is 37.7 Å². The molecule has 9 nitrogen and oxygen atoms in total. The predicted octanol–water partition coefficient (Wildman–Crippen LogP) is 3.64. The van der Waals surface area contributed by atoms with Gasteiger partial charge in [-0.2, -0.15) is 14.5 Å². The smallest absolute Gasteiger partial charge is 0.494 e. The third kappa shape index (κ3) is 4.46. The molecule has 0 saturated carbocycles. The summed E-state index contributed by atoms with van der Waals surface area (Å²) in [5, 5.41) is 20.7. The minimum absolute atomic E-state index is 0.110. The fraction of sp³-hybridized carbons (Fsp3) is 0.280. The lowest BCUT2D eigenvalue weighted by molar-refractivity contribution is 0.0996. The van der Waals surface area contributed by atoms with Gasteiger partial charge >= 0.3 is 6.09 Å². The number of halogens is 1. The summed E-state index contributed by atoms with van der Waals surface area (Å²) in [4.78, 5) is 30.4. The van der Waals surface area contributed by atoms with Crippen molar-refractivity contribution in [1.29, 1.82) is 5.26 Å². The van der Waals surface area contributed by atoms with Crippen LogP contribution in [0.3, 0.4) is 0 Å². The van der Waals surface area contributed by atoms with E-state index in [0.717, 1.165) is 11.5 Å². The molecule has 1 unspecified atom stereocenters. The van der Waals surface area contributed by atoms with E-state index in [2.05, 4.69) is 6.07 Å². The molecule has 1 saturated heterocycles. The zero-order valence-electron chi connectivity index (χ0n) is 19.2. The van der Waals surface area contributed by atoms with E-state index in [1.54, 1.807) is 6.07 Å². The summed E-state index contributed by atoms with van der Waals surface area (Å²) in [5.74, 6) is -0.613. The van der Waals surface area contributed by atoms with E-state index in [1.165, 1.54) is 12.1 Å². The zero-order valence-corrected chi connectivity index (χ0v) is 19.2. The number of carbonyl (C=O) groups is 2. The molecule has 1 atom stereocenters. The van der Waals surface area contributed by atoms with Crippen molar-refractivity contribution in [2.45, 2.75) is 13.3 Å². The fourth-order valence-corrected chi connectivity index (χ4v) is 4.51. The summed E-state index contributed by atoms with van der Waals surface area (Å²) in [6, 6.07) is 13.1. The third-order valence-electron chi connectivity index (χ3n) is 6.30. The van der Waals surface area contributed by atoms with E-state index in [9.17, 15) is 24.3 Å². The molecule has 10 heteroatoms. The second-order valence-electron chi connectivity index (χ2n) is 8.33. The second-order valence-corrected chi connectivity index (χ2v) is 8.33. The number of carboxylic acid groups (broad SMARTS) is 1. The largest absolute Gasteiger partial charge is 0.518 e. The Labute approximate surface area is 201 Å². The third-order valence-corrected chi connectivity index (χ3v) is 6.30. The number of rotatable bonds is 5. The first-order valence-electron chi connectivity index (χ1n) is 11.2. The lowest BCUT2D eigenvalue weighted by Crippen LogP contribution is -2.55. The SMILES string of the molecule is CCOc1ccc2nc(N3CCC[N+](C(=O)O)(c4ccc(C(N)=O)c(F)c4)CC3)c(C#N)cc2c1. The van der Waals surface area contributed by atoms with Gasteiger partial charge in [0.15, 0.2) is 0 Å². The number of pyridine rings is 1. The van der Waals surface area contributed by atoms with Crippen molar-refractivity contribution in [3.8, 4) is 11.8 Å². The van der Waals surface area contributed by atoms with E-state index in [-0.39, 0.29) is 30.9 Å². The van der Waals surface area contributed by atoms with Crippen molar-refractivity contribution in [3.63, 3.8) is 0 Å². The number of primary amides is 1. The molecule has 0 radical (unpaired) electrons. The topological polar surface area (TPSA) is 130 Å². The maximum absolute atomic E-state index is 14.5. The van der Waals surface area contributed by atoms with Gasteiger partial charge in [0.2, 0.25) is 0 Å². The molecule has 35 heavy (non-hydrogen) atoms. The number of amides is 2. The fourth-order valence-electron chi connectivity index (χ4n) is 4.51. The lowest BCUT2D eigenvalue weighted by Gasteiger charge is -2.31. The minimum atomic E-state index is -1.13. The Balaban J connectivity index is 1.68. The van der Waals surface area contributed by atoms with Gasteiger partial charge in [-0.15, -0.1) is 0 Å². The monoisotopic (exact) mass is 478 g/mol. The molecule has 1 fully saturated rings. The minimum Gasteiger partial charge on any atom is -0.494 e. The molecule has 0 aliphatic carbocycles. The lowest BCUT2D eigenvalue weighted by atomic mass is 10.1. The molecule has 3 aromatic rings. The Morgan fingerprint density at radius 2 is 2.03 bits per heavy atom. The highest BCUT2D eigenvalue weighted by molar-refractivity contribution is 5.94. The standard InChI is InChI=1S/C25H24FN5O4/c1-2-35-19-5-7-22-16(13-19)12-17(15-27)24(29-22)30-8-3-10-31(11-9-30,25(33)34)18-4-6-20(23(28)32)21(26)14-18/h4-7,12-14H,2-3,8-11H2,1H3,(H2-,28,32,33,34)/p+1. The number of fused-ring (bicyclic) bond motifs is 1. The number of aromatic nitrogens is 1. The number of hydrogen-bond acceptors (Lipinski definition) is 6. The van der Waals surface area contributed by atoms with E-state index >= 15 is 0 Å². The summed E-state index contributed by atoms with van der Waals surface area (Å²) in [6.45, 7) is 3.47. The average Bonchev–Trinajstić information content (AvgIpc) is 3.07. The maximum Gasteiger partial charge on any atom is 0.518 e. The average molecular weight is 479 g/mol. The van der Waals surface area contributed by atoms with Crippen LogP contribution in [0.2, 0.25) is 0 Å². The number of benzene rings is 2. The number of nitrogens with zero attached hydrogens (tertiary/aromatic N) is 4. The van der Waals surface area contributed by atoms with Crippen LogP contribution in [0.5, 0.6) is 5.75 Å². The van der Waals surface area contributed by atoms with Gasteiger partial charge in [-0.25, -0.2) is 9.37 Å². The van der Waals surface area contributed by atoms with Gasteiger partial charge < -0.3 is 20.5 Å². The van der Waals surface area contributed by atoms with Crippen LogP contribution >= 0.6 is 0 Å².